The van der Waals surface area contributed by atoms with E-state index in [9.17, 15) is 26.4 Å². The van der Waals surface area contributed by atoms with Crippen molar-refractivity contribution >= 4 is 33.3 Å². The van der Waals surface area contributed by atoms with Gasteiger partial charge in [-0.25, -0.2) is 16.8 Å². The minimum atomic E-state index is -2.66. The van der Waals surface area contributed by atoms with E-state index in [0.717, 1.165) is 0 Å². The highest BCUT2D eigenvalue weighted by Crippen LogP contribution is 2.00. The SMILES string of the molecule is COC(=O)CCC(=O)N(CCOC[SH](=O)=O)CCOC[SH](=O)=O. The number of rotatable bonds is 13. The number of nitrogens with zero attached hydrogens (tertiary/aromatic N) is 1. The third-order valence-corrected chi connectivity index (χ3v) is 3.31. The minimum Gasteiger partial charge on any atom is -0.469 e. The minimum absolute atomic E-state index is 0.0108. The molecule has 0 N–H and O–H groups in total. The number of hydrogen-bond acceptors (Lipinski definition) is 9. The highest BCUT2D eigenvalue weighted by molar-refractivity contribution is 7.72. The molecule has 0 rings (SSSR count). The molecule has 0 aromatic carbocycles. The van der Waals surface area contributed by atoms with Crippen molar-refractivity contribution in [2.75, 3.05) is 45.3 Å². The highest BCUT2D eigenvalue weighted by atomic mass is 32.2. The van der Waals surface area contributed by atoms with E-state index in [2.05, 4.69) is 4.74 Å². The van der Waals surface area contributed by atoms with Crippen molar-refractivity contribution in [3.8, 4) is 0 Å². The molecule has 0 aromatic heterocycles. The summed E-state index contributed by atoms with van der Waals surface area (Å²) in [5.74, 6) is -1.81. The van der Waals surface area contributed by atoms with Crippen LogP contribution in [0.25, 0.3) is 0 Å². The Bertz CT molecular complexity index is 470. The number of methoxy groups -OCH3 is 1. The lowest BCUT2D eigenvalue weighted by Crippen LogP contribution is -2.37. The van der Waals surface area contributed by atoms with Gasteiger partial charge in [-0.15, -0.1) is 0 Å². The van der Waals surface area contributed by atoms with Crippen LogP contribution in [0, 0.1) is 0 Å². The van der Waals surface area contributed by atoms with Crippen LogP contribution in [0.5, 0.6) is 0 Å². The second-order valence-electron chi connectivity index (χ2n) is 4.20. The number of carbonyl (C=O) groups is 2. The first-order chi connectivity index (χ1) is 10.9. The number of carbonyl (C=O) groups excluding carboxylic acids is 2. The van der Waals surface area contributed by atoms with E-state index in [4.69, 9.17) is 9.47 Å². The van der Waals surface area contributed by atoms with Crippen molar-refractivity contribution in [1.82, 2.24) is 4.90 Å². The van der Waals surface area contributed by atoms with Crippen LogP contribution in [0.4, 0.5) is 0 Å². The summed E-state index contributed by atoms with van der Waals surface area (Å²) in [4.78, 5) is 24.3. The summed E-state index contributed by atoms with van der Waals surface area (Å²) in [6.45, 7) is 0.165. The monoisotopic (exact) mass is 375 g/mol. The van der Waals surface area contributed by atoms with Gasteiger partial charge in [-0.1, -0.05) is 0 Å². The fourth-order valence-corrected chi connectivity index (χ4v) is 2.01. The van der Waals surface area contributed by atoms with Crippen molar-refractivity contribution in [2.45, 2.75) is 12.8 Å². The van der Waals surface area contributed by atoms with Crippen LogP contribution in [-0.2, 0) is 45.2 Å². The summed E-state index contributed by atoms with van der Waals surface area (Å²) in [6.07, 6.45) is -0.176. The molecular weight excluding hydrogens is 354 g/mol. The number of hydrogen-bond donors (Lipinski definition) is 2. The molecule has 0 aliphatic carbocycles. The topological polar surface area (TPSA) is 133 Å². The van der Waals surface area contributed by atoms with Gasteiger partial charge in [0, 0.05) is 19.5 Å². The molecule has 0 bridgehead atoms. The van der Waals surface area contributed by atoms with Gasteiger partial charge in [0.1, 0.15) is 11.9 Å². The Balaban J connectivity index is 4.33. The summed E-state index contributed by atoms with van der Waals surface area (Å²) < 4.78 is 55.6. The predicted molar refractivity (Wildman–Crippen MR) is 80.1 cm³/mol. The number of ether oxygens (including phenoxy) is 3. The molecule has 10 nitrogen and oxygen atoms in total. The summed E-state index contributed by atoms with van der Waals surface area (Å²) in [5.41, 5.74) is 0. The lowest BCUT2D eigenvalue weighted by Gasteiger charge is -2.22. The van der Waals surface area contributed by atoms with E-state index in [0.29, 0.717) is 0 Å². The van der Waals surface area contributed by atoms with Crippen molar-refractivity contribution in [2.24, 2.45) is 0 Å². The maximum absolute atomic E-state index is 12.0. The average Bonchev–Trinajstić information content (AvgIpc) is 2.49. The third kappa shape index (κ3) is 12.9. The molecule has 0 aliphatic rings. The van der Waals surface area contributed by atoms with Crippen LogP contribution in [-0.4, -0.2) is 78.9 Å². The molecule has 0 spiro atoms. The van der Waals surface area contributed by atoms with Crippen molar-refractivity contribution in [1.29, 1.82) is 0 Å². The smallest absolute Gasteiger partial charge is 0.306 e. The number of esters is 1. The molecule has 0 radical (unpaired) electrons. The van der Waals surface area contributed by atoms with Crippen LogP contribution in [0.15, 0.2) is 0 Å². The molecule has 0 saturated heterocycles. The van der Waals surface area contributed by atoms with Gasteiger partial charge >= 0.3 is 5.97 Å². The second kappa shape index (κ2) is 13.2. The van der Waals surface area contributed by atoms with Gasteiger partial charge in [0.2, 0.25) is 5.91 Å². The zero-order valence-electron chi connectivity index (χ0n) is 12.7. The summed E-state index contributed by atoms with van der Waals surface area (Å²) >= 11 is 0. The summed E-state index contributed by atoms with van der Waals surface area (Å²) in [5, 5.41) is 0. The van der Waals surface area contributed by atoms with Gasteiger partial charge in [-0.2, -0.15) is 0 Å². The van der Waals surface area contributed by atoms with Gasteiger partial charge < -0.3 is 19.1 Å². The average molecular weight is 375 g/mol. The maximum atomic E-state index is 12.0. The van der Waals surface area contributed by atoms with Gasteiger partial charge in [0.15, 0.2) is 21.4 Å². The van der Waals surface area contributed by atoms with Crippen LogP contribution in [0.2, 0.25) is 0 Å². The molecule has 23 heavy (non-hydrogen) atoms. The Morgan fingerprint density at radius 1 is 0.870 bits per heavy atom. The lowest BCUT2D eigenvalue weighted by molar-refractivity contribution is -0.143. The van der Waals surface area contributed by atoms with Crippen LogP contribution in [0.1, 0.15) is 12.8 Å². The van der Waals surface area contributed by atoms with Crippen LogP contribution in [0.3, 0.4) is 0 Å². The van der Waals surface area contributed by atoms with Crippen molar-refractivity contribution < 1.29 is 40.6 Å². The summed E-state index contributed by atoms with van der Waals surface area (Å²) in [7, 11) is -4.12. The normalized spacial score (nSPS) is 10.9. The first kappa shape index (κ1) is 21.8. The Hall–Kier alpha value is -1.24. The maximum Gasteiger partial charge on any atom is 0.306 e. The molecule has 1 amide bonds. The van der Waals surface area contributed by atoms with Crippen LogP contribution < -0.4 is 0 Å². The molecule has 0 heterocycles. The zero-order valence-corrected chi connectivity index (χ0v) is 14.5. The molecule has 136 valence electrons. The second-order valence-corrected chi connectivity index (χ2v) is 6.04. The largest absolute Gasteiger partial charge is 0.469 e. The Labute approximate surface area is 137 Å². The van der Waals surface area contributed by atoms with E-state index in [1.54, 1.807) is 0 Å². The van der Waals surface area contributed by atoms with E-state index in [-0.39, 0.29) is 45.1 Å². The Morgan fingerprint density at radius 3 is 1.74 bits per heavy atom. The molecule has 0 saturated carbocycles. The van der Waals surface area contributed by atoms with E-state index in [1.807, 2.05) is 0 Å². The summed E-state index contributed by atoms with van der Waals surface area (Å²) in [6, 6.07) is 0. The first-order valence-corrected chi connectivity index (χ1v) is 9.33. The van der Waals surface area contributed by atoms with Crippen molar-refractivity contribution in [3.05, 3.63) is 0 Å². The highest BCUT2D eigenvalue weighted by Gasteiger charge is 2.15. The molecule has 12 heteroatoms. The number of thiol groups is 2. The fraction of sp³-hybridized carbons (Fsp3) is 0.818. The first-order valence-electron chi connectivity index (χ1n) is 6.60. The Kier molecular flexibility index (Phi) is 12.5. The Morgan fingerprint density at radius 2 is 1.35 bits per heavy atom. The van der Waals surface area contributed by atoms with Gasteiger partial charge in [0.05, 0.1) is 26.7 Å². The molecule has 0 atom stereocenters. The van der Waals surface area contributed by atoms with E-state index < -0.39 is 39.3 Å². The third-order valence-electron chi connectivity index (χ3n) is 2.53. The zero-order chi connectivity index (χ0) is 17.7. The molecule has 0 fully saturated rings. The lowest BCUT2D eigenvalue weighted by atomic mass is 10.2. The van der Waals surface area contributed by atoms with Gasteiger partial charge in [-0.05, 0) is 0 Å². The van der Waals surface area contributed by atoms with Crippen molar-refractivity contribution in [3.63, 3.8) is 0 Å². The fourth-order valence-electron chi connectivity index (χ4n) is 1.46. The quantitative estimate of drug-likeness (QED) is 0.212. The predicted octanol–water partition coefficient (Wildman–Crippen LogP) is -2.06. The molecule has 0 unspecified atom stereocenters. The molecular formula is C11H21NO9S2. The molecule has 0 aliphatic heterocycles. The molecule has 0 aromatic rings. The number of amides is 1. The van der Waals surface area contributed by atoms with Gasteiger partial charge in [0.25, 0.3) is 0 Å². The van der Waals surface area contributed by atoms with Crippen LogP contribution >= 0.6 is 0 Å². The standard InChI is InChI=1S/C11H21NO9S2/c1-19-11(14)3-2-10(13)12(4-6-20-8-22(15)16)5-7-21-9-23(17)18/h22-23H,2-9H2,1H3. The van der Waals surface area contributed by atoms with E-state index >= 15 is 0 Å². The van der Waals surface area contributed by atoms with E-state index in [1.165, 1.54) is 12.0 Å². The van der Waals surface area contributed by atoms with Gasteiger partial charge in [-0.3, -0.25) is 9.59 Å².